The van der Waals surface area contributed by atoms with Crippen molar-refractivity contribution in [1.29, 1.82) is 0 Å². The van der Waals surface area contributed by atoms with Crippen molar-refractivity contribution in [1.82, 2.24) is 4.98 Å². The second-order valence-electron chi connectivity index (χ2n) is 3.43. The molecular formula is C12H7F4N. The Morgan fingerprint density at radius 2 is 1.53 bits per heavy atom. The largest absolute Gasteiger partial charge is 0.433 e. The van der Waals surface area contributed by atoms with Crippen LogP contribution in [0.3, 0.4) is 0 Å². The van der Waals surface area contributed by atoms with Crippen LogP contribution in [-0.2, 0) is 6.18 Å². The Morgan fingerprint density at radius 3 is 2.12 bits per heavy atom. The minimum Gasteiger partial charge on any atom is -0.215 e. The first-order valence-corrected chi connectivity index (χ1v) is 4.77. The summed E-state index contributed by atoms with van der Waals surface area (Å²) < 4.78 is 50.3. The fourth-order valence-electron chi connectivity index (χ4n) is 1.44. The smallest absolute Gasteiger partial charge is 0.215 e. The van der Waals surface area contributed by atoms with Crippen molar-refractivity contribution in [3.05, 3.63) is 54.1 Å². The van der Waals surface area contributed by atoms with Gasteiger partial charge >= 0.3 is 6.18 Å². The molecular weight excluding hydrogens is 234 g/mol. The minimum atomic E-state index is -4.65. The van der Waals surface area contributed by atoms with Crippen LogP contribution < -0.4 is 0 Å². The summed E-state index contributed by atoms with van der Waals surface area (Å²) >= 11 is 0. The number of hydrogen-bond acceptors (Lipinski definition) is 1. The van der Waals surface area contributed by atoms with Gasteiger partial charge in [-0.1, -0.05) is 30.3 Å². The Balaban J connectivity index is 2.54. The summed E-state index contributed by atoms with van der Waals surface area (Å²) in [6.45, 7) is 0. The number of alkyl halides is 3. The lowest BCUT2D eigenvalue weighted by Gasteiger charge is -2.08. The van der Waals surface area contributed by atoms with E-state index in [-0.39, 0.29) is 5.56 Å². The van der Waals surface area contributed by atoms with Gasteiger partial charge in [-0.3, -0.25) is 0 Å². The van der Waals surface area contributed by atoms with Gasteiger partial charge < -0.3 is 0 Å². The second-order valence-corrected chi connectivity index (χ2v) is 3.43. The van der Waals surface area contributed by atoms with Crippen molar-refractivity contribution in [3.8, 4) is 11.1 Å². The molecule has 0 aliphatic rings. The molecule has 2 aromatic rings. The number of aromatic nitrogens is 1. The molecule has 1 aromatic carbocycles. The number of hydrogen-bond donors (Lipinski definition) is 0. The lowest BCUT2D eigenvalue weighted by Crippen LogP contribution is -2.09. The summed E-state index contributed by atoms with van der Waals surface area (Å²) in [5, 5.41) is 0. The van der Waals surface area contributed by atoms with Gasteiger partial charge in [-0.25, -0.2) is 4.98 Å². The van der Waals surface area contributed by atoms with Crippen LogP contribution in [0.25, 0.3) is 11.1 Å². The average molecular weight is 241 g/mol. The fraction of sp³-hybridized carbons (Fsp3) is 0.0833. The van der Waals surface area contributed by atoms with Gasteiger partial charge in [0.2, 0.25) is 5.95 Å². The maximum absolute atomic E-state index is 13.0. The molecule has 0 saturated carbocycles. The van der Waals surface area contributed by atoms with Gasteiger partial charge in [-0.05, 0) is 17.2 Å². The molecule has 0 aliphatic heterocycles. The highest BCUT2D eigenvalue weighted by Gasteiger charge is 2.33. The van der Waals surface area contributed by atoms with Crippen molar-refractivity contribution >= 4 is 0 Å². The average Bonchev–Trinajstić information content (AvgIpc) is 2.28. The minimum absolute atomic E-state index is 0.158. The van der Waals surface area contributed by atoms with E-state index in [1.807, 2.05) is 0 Å². The number of halogens is 4. The molecule has 1 aromatic heterocycles. The van der Waals surface area contributed by atoms with Crippen LogP contribution in [0.15, 0.2) is 42.5 Å². The molecule has 0 amide bonds. The van der Waals surface area contributed by atoms with Crippen molar-refractivity contribution in [2.75, 3.05) is 0 Å². The monoisotopic (exact) mass is 241 g/mol. The summed E-state index contributed by atoms with van der Waals surface area (Å²) in [6, 6.07) is 10.1. The van der Waals surface area contributed by atoms with Crippen LogP contribution in [0.5, 0.6) is 0 Å². The van der Waals surface area contributed by atoms with E-state index >= 15 is 0 Å². The molecule has 0 fully saturated rings. The van der Waals surface area contributed by atoms with Crippen molar-refractivity contribution in [3.63, 3.8) is 0 Å². The summed E-state index contributed by atoms with van der Waals surface area (Å²) in [4.78, 5) is 2.84. The molecule has 0 bridgehead atoms. The first-order valence-electron chi connectivity index (χ1n) is 4.77. The molecule has 0 aliphatic carbocycles. The molecule has 0 unspecified atom stereocenters. The summed E-state index contributed by atoms with van der Waals surface area (Å²) in [6.07, 6.45) is -4.65. The molecule has 0 N–H and O–H groups in total. The third-order valence-corrected chi connectivity index (χ3v) is 2.19. The standard InChI is InChI=1S/C12H7F4N/c13-11-7-9(8-4-2-1-3-5-8)6-10(17-11)12(14,15)16/h1-7H. The van der Waals surface area contributed by atoms with Crippen LogP contribution in [0.1, 0.15) is 5.69 Å². The molecule has 0 saturated heterocycles. The maximum atomic E-state index is 13.0. The zero-order valence-electron chi connectivity index (χ0n) is 8.50. The van der Waals surface area contributed by atoms with Crippen molar-refractivity contribution in [2.45, 2.75) is 6.18 Å². The molecule has 2 rings (SSSR count). The molecule has 88 valence electrons. The van der Waals surface area contributed by atoms with E-state index < -0.39 is 17.8 Å². The molecule has 0 atom stereocenters. The summed E-state index contributed by atoms with van der Waals surface area (Å²) in [5.41, 5.74) is -0.555. The first kappa shape index (κ1) is 11.6. The highest BCUT2D eigenvalue weighted by atomic mass is 19.4. The van der Waals surface area contributed by atoms with Gasteiger partial charge in [0.05, 0.1) is 0 Å². The van der Waals surface area contributed by atoms with E-state index in [0.717, 1.165) is 12.1 Å². The number of pyridine rings is 1. The first-order chi connectivity index (χ1) is 7.97. The third-order valence-electron chi connectivity index (χ3n) is 2.19. The van der Waals surface area contributed by atoms with Crippen molar-refractivity contribution < 1.29 is 17.6 Å². The Bertz CT molecular complexity index is 520. The molecule has 1 nitrogen and oxygen atoms in total. The second kappa shape index (κ2) is 4.16. The lowest BCUT2D eigenvalue weighted by atomic mass is 10.1. The van der Waals surface area contributed by atoms with Gasteiger partial charge in [0.25, 0.3) is 0 Å². The quantitative estimate of drug-likeness (QED) is 0.545. The predicted octanol–water partition coefficient (Wildman–Crippen LogP) is 3.91. The molecule has 17 heavy (non-hydrogen) atoms. The van der Waals surface area contributed by atoms with Gasteiger partial charge in [-0.15, -0.1) is 0 Å². The number of benzene rings is 1. The number of nitrogens with zero attached hydrogens (tertiary/aromatic N) is 1. The molecule has 0 radical (unpaired) electrons. The topological polar surface area (TPSA) is 12.9 Å². The van der Waals surface area contributed by atoms with Gasteiger partial charge in [0.15, 0.2) is 0 Å². The lowest BCUT2D eigenvalue weighted by molar-refractivity contribution is -0.141. The molecule has 5 heteroatoms. The van der Waals surface area contributed by atoms with Crippen LogP contribution in [-0.4, -0.2) is 4.98 Å². The van der Waals surface area contributed by atoms with Crippen LogP contribution >= 0.6 is 0 Å². The van der Waals surface area contributed by atoms with Crippen LogP contribution in [0.2, 0.25) is 0 Å². The molecule has 1 heterocycles. The Kier molecular flexibility index (Phi) is 2.83. The predicted molar refractivity (Wildman–Crippen MR) is 54.6 cm³/mol. The highest BCUT2D eigenvalue weighted by Crippen LogP contribution is 2.31. The summed E-state index contributed by atoms with van der Waals surface area (Å²) in [7, 11) is 0. The molecule has 0 spiro atoms. The summed E-state index contributed by atoms with van der Waals surface area (Å²) in [5.74, 6) is -1.14. The third kappa shape index (κ3) is 2.61. The maximum Gasteiger partial charge on any atom is 0.433 e. The van der Waals surface area contributed by atoms with E-state index in [0.29, 0.717) is 5.56 Å². The van der Waals surface area contributed by atoms with E-state index in [4.69, 9.17) is 0 Å². The van der Waals surface area contributed by atoms with Gasteiger partial charge in [0, 0.05) is 6.07 Å². The van der Waals surface area contributed by atoms with Gasteiger partial charge in [0.1, 0.15) is 5.69 Å². The Labute approximate surface area is 94.7 Å². The Hall–Kier alpha value is -1.91. The van der Waals surface area contributed by atoms with E-state index in [9.17, 15) is 17.6 Å². The zero-order valence-corrected chi connectivity index (χ0v) is 8.50. The van der Waals surface area contributed by atoms with Crippen LogP contribution in [0, 0.1) is 5.95 Å². The van der Waals surface area contributed by atoms with E-state index in [2.05, 4.69) is 4.98 Å². The van der Waals surface area contributed by atoms with Crippen molar-refractivity contribution in [2.24, 2.45) is 0 Å². The highest BCUT2D eigenvalue weighted by molar-refractivity contribution is 5.63. The Morgan fingerprint density at radius 1 is 0.882 bits per heavy atom. The van der Waals surface area contributed by atoms with E-state index in [1.165, 1.54) is 0 Å². The normalized spacial score (nSPS) is 11.5. The number of rotatable bonds is 1. The van der Waals surface area contributed by atoms with Crippen LogP contribution in [0.4, 0.5) is 17.6 Å². The SMILES string of the molecule is Fc1cc(-c2ccccc2)cc(C(F)(F)F)n1. The zero-order chi connectivity index (χ0) is 12.5. The fourth-order valence-corrected chi connectivity index (χ4v) is 1.44. The van der Waals surface area contributed by atoms with E-state index in [1.54, 1.807) is 30.3 Å². The van der Waals surface area contributed by atoms with Gasteiger partial charge in [-0.2, -0.15) is 17.6 Å².